The van der Waals surface area contributed by atoms with Crippen LogP contribution in [0.15, 0.2) is 12.4 Å². The van der Waals surface area contributed by atoms with Gasteiger partial charge in [0.25, 0.3) is 0 Å². The maximum atomic E-state index is 4.09. The number of rotatable bonds is 2. The molecule has 0 aromatic carbocycles. The van der Waals surface area contributed by atoms with Gasteiger partial charge in [-0.05, 0) is 18.9 Å². The zero-order valence-corrected chi connectivity index (χ0v) is 6.46. The van der Waals surface area contributed by atoms with Gasteiger partial charge in [0.05, 0.1) is 0 Å². The normalized spacial score (nSPS) is 9.80. The summed E-state index contributed by atoms with van der Waals surface area (Å²) in [7, 11) is 0. The van der Waals surface area contributed by atoms with Crippen molar-refractivity contribution in [1.29, 1.82) is 0 Å². The van der Waals surface area contributed by atoms with Crippen molar-refractivity contribution >= 4 is 0 Å². The average molecular weight is 136 g/mol. The number of hydrogen-bond acceptors (Lipinski definition) is 2. The molecule has 0 saturated carbocycles. The van der Waals surface area contributed by atoms with E-state index in [0.717, 1.165) is 18.7 Å². The molecule has 0 aliphatic carbocycles. The average Bonchev–Trinajstić information content (AvgIpc) is 1.95. The Labute approximate surface area is 61.3 Å². The van der Waals surface area contributed by atoms with Gasteiger partial charge < -0.3 is 0 Å². The molecule has 0 saturated heterocycles. The third kappa shape index (κ3) is 1.79. The molecule has 0 aliphatic rings. The van der Waals surface area contributed by atoms with E-state index in [9.17, 15) is 0 Å². The predicted molar refractivity (Wildman–Crippen MR) is 40.8 cm³/mol. The van der Waals surface area contributed by atoms with E-state index in [1.54, 1.807) is 0 Å². The third-order valence-corrected chi connectivity index (χ3v) is 1.37. The molecule has 1 aromatic rings. The first-order valence-electron chi connectivity index (χ1n) is 3.60. The van der Waals surface area contributed by atoms with Gasteiger partial charge in [0.1, 0.15) is 5.82 Å². The summed E-state index contributed by atoms with van der Waals surface area (Å²) < 4.78 is 0. The number of hydrogen-bond donors (Lipinski definition) is 0. The lowest BCUT2D eigenvalue weighted by Crippen LogP contribution is -1.90. The highest BCUT2D eigenvalue weighted by Crippen LogP contribution is 1.98. The molecule has 10 heavy (non-hydrogen) atoms. The fraction of sp³-hybridized carbons (Fsp3) is 0.500. The minimum absolute atomic E-state index is 0.847. The van der Waals surface area contributed by atoms with Crippen molar-refractivity contribution in [3.63, 3.8) is 0 Å². The van der Waals surface area contributed by atoms with Gasteiger partial charge >= 0.3 is 0 Å². The van der Waals surface area contributed by atoms with Crippen LogP contribution >= 0.6 is 0 Å². The Hall–Kier alpha value is -0.920. The fourth-order valence-corrected chi connectivity index (χ4v) is 0.837. The lowest BCUT2D eigenvalue weighted by Gasteiger charge is -1.95. The summed E-state index contributed by atoms with van der Waals surface area (Å²) in [4.78, 5) is 8.17. The Morgan fingerprint density at radius 1 is 1.30 bits per heavy atom. The van der Waals surface area contributed by atoms with Crippen LogP contribution in [0.3, 0.4) is 0 Å². The van der Waals surface area contributed by atoms with Crippen molar-refractivity contribution in [2.45, 2.75) is 26.7 Å². The van der Waals surface area contributed by atoms with Crippen LogP contribution in [0.25, 0.3) is 0 Å². The van der Waals surface area contributed by atoms with Crippen LogP contribution in [-0.2, 0) is 6.42 Å². The van der Waals surface area contributed by atoms with Crippen molar-refractivity contribution in [2.24, 2.45) is 0 Å². The molecule has 0 N–H and O–H groups in total. The molecule has 1 aromatic heterocycles. The Kier molecular flexibility index (Phi) is 2.37. The lowest BCUT2D eigenvalue weighted by molar-refractivity contribution is 0.890. The first kappa shape index (κ1) is 7.19. The summed E-state index contributed by atoms with van der Waals surface area (Å²) in [6, 6.07) is 0. The second-order valence-corrected chi connectivity index (χ2v) is 2.39. The van der Waals surface area contributed by atoms with Crippen LogP contribution in [0, 0.1) is 6.92 Å². The van der Waals surface area contributed by atoms with Gasteiger partial charge in [-0.2, -0.15) is 0 Å². The SMILES string of the molecule is CCCc1cnc(C)nc1. The minimum Gasteiger partial charge on any atom is -0.241 e. The van der Waals surface area contributed by atoms with Crippen LogP contribution in [0.5, 0.6) is 0 Å². The second-order valence-electron chi connectivity index (χ2n) is 2.39. The van der Waals surface area contributed by atoms with Gasteiger partial charge in [-0.3, -0.25) is 0 Å². The quantitative estimate of drug-likeness (QED) is 0.618. The van der Waals surface area contributed by atoms with Crippen LogP contribution in [0.2, 0.25) is 0 Å². The number of aryl methyl sites for hydroxylation is 2. The Morgan fingerprint density at radius 3 is 2.40 bits per heavy atom. The summed E-state index contributed by atoms with van der Waals surface area (Å²) in [5.41, 5.74) is 1.23. The highest BCUT2D eigenvalue weighted by molar-refractivity contribution is 5.04. The Bertz CT molecular complexity index is 191. The van der Waals surface area contributed by atoms with Crippen molar-refractivity contribution in [3.05, 3.63) is 23.8 Å². The van der Waals surface area contributed by atoms with E-state index in [4.69, 9.17) is 0 Å². The first-order chi connectivity index (χ1) is 4.83. The molecule has 0 radical (unpaired) electrons. The Morgan fingerprint density at radius 2 is 1.90 bits per heavy atom. The molecule has 1 heterocycles. The maximum Gasteiger partial charge on any atom is 0.125 e. The zero-order valence-electron chi connectivity index (χ0n) is 6.46. The summed E-state index contributed by atoms with van der Waals surface area (Å²) in [5, 5.41) is 0. The van der Waals surface area contributed by atoms with Crippen LogP contribution in [0.4, 0.5) is 0 Å². The molecule has 0 bridgehead atoms. The molecule has 0 aliphatic heterocycles. The van der Waals surface area contributed by atoms with Crippen LogP contribution < -0.4 is 0 Å². The summed E-state index contributed by atoms with van der Waals surface area (Å²) in [5.74, 6) is 0.847. The van der Waals surface area contributed by atoms with Gasteiger partial charge in [-0.25, -0.2) is 9.97 Å². The molecule has 2 nitrogen and oxygen atoms in total. The monoisotopic (exact) mass is 136 g/mol. The zero-order chi connectivity index (χ0) is 7.40. The number of aromatic nitrogens is 2. The van der Waals surface area contributed by atoms with Gasteiger partial charge in [0, 0.05) is 12.4 Å². The molecule has 1 rings (SSSR count). The van der Waals surface area contributed by atoms with Crippen LogP contribution in [-0.4, -0.2) is 9.97 Å². The molecule has 0 spiro atoms. The van der Waals surface area contributed by atoms with E-state index < -0.39 is 0 Å². The van der Waals surface area contributed by atoms with Gasteiger partial charge in [0.15, 0.2) is 0 Å². The molecule has 0 unspecified atom stereocenters. The largest absolute Gasteiger partial charge is 0.241 e. The molecule has 2 heteroatoms. The third-order valence-electron chi connectivity index (χ3n) is 1.37. The maximum absolute atomic E-state index is 4.09. The highest BCUT2D eigenvalue weighted by atomic mass is 14.8. The van der Waals surface area contributed by atoms with E-state index in [1.165, 1.54) is 5.56 Å². The highest BCUT2D eigenvalue weighted by Gasteiger charge is 1.90. The van der Waals surface area contributed by atoms with Crippen molar-refractivity contribution in [3.8, 4) is 0 Å². The first-order valence-corrected chi connectivity index (χ1v) is 3.60. The van der Waals surface area contributed by atoms with Gasteiger partial charge in [-0.1, -0.05) is 13.3 Å². The Balaban J connectivity index is 2.69. The number of nitrogens with zero attached hydrogens (tertiary/aromatic N) is 2. The van der Waals surface area contributed by atoms with E-state index in [2.05, 4.69) is 16.9 Å². The van der Waals surface area contributed by atoms with Crippen molar-refractivity contribution in [1.82, 2.24) is 9.97 Å². The molecule has 0 fully saturated rings. The van der Waals surface area contributed by atoms with Crippen molar-refractivity contribution in [2.75, 3.05) is 0 Å². The predicted octanol–water partition coefficient (Wildman–Crippen LogP) is 1.74. The lowest BCUT2D eigenvalue weighted by atomic mass is 10.2. The minimum atomic E-state index is 0.847. The summed E-state index contributed by atoms with van der Waals surface area (Å²) >= 11 is 0. The standard InChI is InChI=1S/C8H12N2/c1-3-4-8-5-9-7(2)10-6-8/h5-6H,3-4H2,1-2H3. The molecular weight excluding hydrogens is 124 g/mol. The van der Waals surface area contributed by atoms with E-state index in [0.29, 0.717) is 0 Å². The van der Waals surface area contributed by atoms with Crippen molar-refractivity contribution < 1.29 is 0 Å². The van der Waals surface area contributed by atoms with E-state index in [1.807, 2.05) is 19.3 Å². The smallest absolute Gasteiger partial charge is 0.125 e. The summed E-state index contributed by atoms with van der Waals surface area (Å²) in [6.07, 6.45) is 6.03. The molecular formula is C8H12N2. The molecule has 0 amide bonds. The van der Waals surface area contributed by atoms with Gasteiger partial charge in [0.2, 0.25) is 0 Å². The molecule has 0 atom stereocenters. The van der Waals surface area contributed by atoms with Gasteiger partial charge in [-0.15, -0.1) is 0 Å². The van der Waals surface area contributed by atoms with E-state index >= 15 is 0 Å². The summed E-state index contributed by atoms with van der Waals surface area (Å²) in [6.45, 7) is 4.05. The second kappa shape index (κ2) is 3.30. The fourth-order valence-electron chi connectivity index (χ4n) is 0.837. The van der Waals surface area contributed by atoms with Crippen LogP contribution in [0.1, 0.15) is 24.7 Å². The topological polar surface area (TPSA) is 25.8 Å². The molecule has 54 valence electrons. The van der Waals surface area contributed by atoms with E-state index in [-0.39, 0.29) is 0 Å².